The molecule has 126 valence electrons. The lowest BCUT2D eigenvalue weighted by atomic mass is 9.92. The number of aromatic nitrogens is 1. The summed E-state index contributed by atoms with van der Waals surface area (Å²) in [5.74, 6) is -0.732. The van der Waals surface area contributed by atoms with Crippen LogP contribution >= 0.6 is 0 Å². The molecule has 6 heteroatoms. The van der Waals surface area contributed by atoms with Crippen LogP contribution in [-0.4, -0.2) is 34.5 Å². The molecule has 24 heavy (non-hydrogen) atoms. The molecule has 0 unspecified atom stereocenters. The zero-order chi connectivity index (χ0) is 17.3. The van der Waals surface area contributed by atoms with E-state index in [-0.39, 0.29) is 29.5 Å². The standard InChI is InChI=1S/C18H21N3O3/c1-11-3-6-13(7-4-11)15-9-16(24-20-15)18(23)21-10-14(17(19)22)8-5-12(21)2/h3-4,6-7,9,12,14H,5,8,10H2,1-2H3,(H2,19,22)/t12-,14+/m0/s1. The summed E-state index contributed by atoms with van der Waals surface area (Å²) < 4.78 is 5.25. The Balaban J connectivity index is 1.80. The molecule has 1 aromatic carbocycles. The first-order valence-electron chi connectivity index (χ1n) is 8.09. The highest BCUT2D eigenvalue weighted by molar-refractivity contribution is 5.93. The maximum absolute atomic E-state index is 12.7. The van der Waals surface area contributed by atoms with E-state index in [2.05, 4.69) is 5.16 Å². The third-order valence-electron chi connectivity index (χ3n) is 4.61. The van der Waals surface area contributed by atoms with Crippen LogP contribution in [0.5, 0.6) is 0 Å². The molecule has 0 aliphatic carbocycles. The van der Waals surface area contributed by atoms with Gasteiger partial charge in [0.15, 0.2) is 0 Å². The van der Waals surface area contributed by atoms with E-state index in [4.69, 9.17) is 10.3 Å². The molecular weight excluding hydrogens is 306 g/mol. The van der Waals surface area contributed by atoms with Crippen LogP contribution in [0.2, 0.25) is 0 Å². The predicted octanol–water partition coefficient (Wildman–Crippen LogP) is 2.38. The van der Waals surface area contributed by atoms with Crippen molar-refractivity contribution in [1.82, 2.24) is 10.1 Å². The van der Waals surface area contributed by atoms with Crippen LogP contribution in [0.25, 0.3) is 11.3 Å². The molecule has 1 aromatic heterocycles. The van der Waals surface area contributed by atoms with Gasteiger partial charge in [0.05, 0.1) is 5.92 Å². The van der Waals surface area contributed by atoms with Gasteiger partial charge in [-0.1, -0.05) is 35.0 Å². The zero-order valence-electron chi connectivity index (χ0n) is 13.9. The van der Waals surface area contributed by atoms with E-state index < -0.39 is 0 Å². The number of piperidine rings is 1. The van der Waals surface area contributed by atoms with Gasteiger partial charge in [-0.05, 0) is 26.7 Å². The van der Waals surface area contributed by atoms with Crippen LogP contribution in [0.4, 0.5) is 0 Å². The lowest BCUT2D eigenvalue weighted by Gasteiger charge is -2.36. The Morgan fingerprint density at radius 2 is 1.96 bits per heavy atom. The molecule has 3 rings (SSSR count). The number of hydrogen-bond acceptors (Lipinski definition) is 4. The first kappa shape index (κ1) is 16.2. The van der Waals surface area contributed by atoms with Crippen molar-refractivity contribution in [2.24, 2.45) is 11.7 Å². The zero-order valence-corrected chi connectivity index (χ0v) is 13.9. The number of carbonyl (C=O) groups excluding carboxylic acids is 2. The van der Waals surface area contributed by atoms with Gasteiger partial charge < -0.3 is 15.2 Å². The molecule has 1 aliphatic rings. The minimum atomic E-state index is -0.363. The number of benzene rings is 1. The Bertz CT molecular complexity index is 751. The van der Waals surface area contributed by atoms with Crippen LogP contribution in [0.1, 0.15) is 35.9 Å². The fourth-order valence-electron chi connectivity index (χ4n) is 3.00. The summed E-state index contributed by atoms with van der Waals surface area (Å²) in [6.45, 7) is 4.30. The topological polar surface area (TPSA) is 89.4 Å². The molecule has 2 heterocycles. The predicted molar refractivity (Wildman–Crippen MR) is 89.1 cm³/mol. The largest absolute Gasteiger partial charge is 0.369 e. The van der Waals surface area contributed by atoms with E-state index in [1.165, 1.54) is 0 Å². The number of hydrogen-bond donors (Lipinski definition) is 1. The molecule has 1 fully saturated rings. The number of primary amides is 1. The number of aryl methyl sites for hydroxylation is 1. The van der Waals surface area contributed by atoms with Crippen molar-refractivity contribution in [3.63, 3.8) is 0 Å². The van der Waals surface area contributed by atoms with Gasteiger partial charge in [-0.3, -0.25) is 9.59 Å². The minimum Gasteiger partial charge on any atom is -0.369 e. The lowest BCUT2D eigenvalue weighted by Crippen LogP contribution is -2.48. The quantitative estimate of drug-likeness (QED) is 0.937. The second-order valence-corrected chi connectivity index (χ2v) is 6.43. The van der Waals surface area contributed by atoms with Gasteiger partial charge in [-0.2, -0.15) is 0 Å². The van der Waals surface area contributed by atoms with E-state index in [0.29, 0.717) is 18.7 Å². The molecule has 2 N–H and O–H groups in total. The van der Waals surface area contributed by atoms with Crippen molar-refractivity contribution in [3.05, 3.63) is 41.7 Å². The first-order chi connectivity index (χ1) is 11.5. The molecule has 0 bridgehead atoms. The van der Waals surface area contributed by atoms with Gasteiger partial charge in [0, 0.05) is 24.2 Å². The molecule has 2 aromatic rings. The van der Waals surface area contributed by atoms with Crippen LogP contribution in [0.15, 0.2) is 34.9 Å². The van der Waals surface area contributed by atoms with Gasteiger partial charge in [0.2, 0.25) is 11.7 Å². The summed E-state index contributed by atoms with van der Waals surface area (Å²) in [5, 5.41) is 4.00. The number of amides is 2. The van der Waals surface area contributed by atoms with Crippen LogP contribution in [0.3, 0.4) is 0 Å². The summed E-state index contributed by atoms with van der Waals surface area (Å²) in [6, 6.07) is 9.53. The fourth-order valence-corrected chi connectivity index (χ4v) is 3.00. The maximum atomic E-state index is 12.7. The molecule has 0 spiro atoms. The molecule has 1 saturated heterocycles. The number of likely N-dealkylation sites (tertiary alicyclic amines) is 1. The third-order valence-corrected chi connectivity index (χ3v) is 4.61. The van der Waals surface area contributed by atoms with Crippen LogP contribution in [0, 0.1) is 12.8 Å². The SMILES string of the molecule is Cc1ccc(-c2cc(C(=O)N3C[C@H](C(N)=O)CC[C@@H]3C)on2)cc1. The summed E-state index contributed by atoms with van der Waals surface area (Å²) >= 11 is 0. The summed E-state index contributed by atoms with van der Waals surface area (Å²) in [7, 11) is 0. The molecule has 1 aliphatic heterocycles. The normalized spacial score (nSPS) is 20.8. The van der Waals surface area contributed by atoms with Gasteiger partial charge in [-0.15, -0.1) is 0 Å². The van der Waals surface area contributed by atoms with Crippen molar-refractivity contribution in [1.29, 1.82) is 0 Å². The van der Waals surface area contributed by atoms with E-state index in [0.717, 1.165) is 17.5 Å². The summed E-state index contributed by atoms with van der Waals surface area (Å²) in [5.41, 5.74) is 8.06. The fraction of sp³-hybridized carbons (Fsp3) is 0.389. The monoisotopic (exact) mass is 327 g/mol. The third kappa shape index (κ3) is 3.18. The van der Waals surface area contributed by atoms with Gasteiger partial charge in [-0.25, -0.2) is 0 Å². The Morgan fingerprint density at radius 3 is 2.62 bits per heavy atom. The summed E-state index contributed by atoms with van der Waals surface area (Å²) in [4.78, 5) is 25.8. The first-order valence-corrected chi connectivity index (χ1v) is 8.09. The number of nitrogens with two attached hydrogens (primary N) is 1. The average molecular weight is 327 g/mol. The highest BCUT2D eigenvalue weighted by Gasteiger charge is 2.33. The van der Waals surface area contributed by atoms with Crippen LogP contribution < -0.4 is 5.73 Å². The van der Waals surface area contributed by atoms with E-state index in [1.54, 1.807) is 11.0 Å². The second kappa shape index (κ2) is 6.47. The molecule has 0 radical (unpaired) electrons. The molecule has 2 amide bonds. The molecule has 2 atom stereocenters. The van der Waals surface area contributed by atoms with E-state index in [9.17, 15) is 9.59 Å². The molecule has 0 saturated carbocycles. The Hall–Kier alpha value is -2.63. The highest BCUT2D eigenvalue weighted by atomic mass is 16.5. The summed E-state index contributed by atoms with van der Waals surface area (Å²) in [6.07, 6.45) is 1.46. The number of carbonyl (C=O) groups is 2. The van der Waals surface area contributed by atoms with Crippen molar-refractivity contribution in [2.75, 3.05) is 6.54 Å². The number of nitrogens with zero attached hydrogens (tertiary/aromatic N) is 2. The number of rotatable bonds is 3. The second-order valence-electron chi connectivity index (χ2n) is 6.43. The van der Waals surface area contributed by atoms with Crippen molar-refractivity contribution in [2.45, 2.75) is 32.7 Å². The molecule has 6 nitrogen and oxygen atoms in total. The van der Waals surface area contributed by atoms with Crippen molar-refractivity contribution >= 4 is 11.8 Å². The average Bonchev–Trinajstić information content (AvgIpc) is 3.05. The Labute approximate surface area is 140 Å². The van der Waals surface area contributed by atoms with Crippen molar-refractivity contribution < 1.29 is 14.1 Å². The maximum Gasteiger partial charge on any atom is 0.292 e. The van der Waals surface area contributed by atoms with E-state index in [1.807, 2.05) is 38.1 Å². The van der Waals surface area contributed by atoms with Gasteiger partial charge in [0.1, 0.15) is 5.69 Å². The molecular formula is C18H21N3O3. The van der Waals surface area contributed by atoms with Crippen molar-refractivity contribution in [3.8, 4) is 11.3 Å². The van der Waals surface area contributed by atoms with Crippen LogP contribution in [-0.2, 0) is 4.79 Å². The van der Waals surface area contributed by atoms with E-state index >= 15 is 0 Å². The lowest BCUT2D eigenvalue weighted by molar-refractivity contribution is -0.123. The van der Waals surface area contributed by atoms with Gasteiger partial charge >= 0.3 is 0 Å². The smallest absolute Gasteiger partial charge is 0.292 e. The van der Waals surface area contributed by atoms with Gasteiger partial charge in [0.25, 0.3) is 5.91 Å². The Morgan fingerprint density at radius 1 is 1.25 bits per heavy atom. The minimum absolute atomic E-state index is 0.0426. The highest BCUT2D eigenvalue weighted by Crippen LogP contribution is 2.25. The Kier molecular flexibility index (Phi) is 4.38.